The highest BCUT2D eigenvalue weighted by molar-refractivity contribution is 5.44. The molecule has 2 rings (SSSR count). The Labute approximate surface area is 118 Å². The molecule has 0 aliphatic heterocycles. The maximum absolute atomic E-state index is 13.5. The molecule has 0 saturated carbocycles. The summed E-state index contributed by atoms with van der Waals surface area (Å²) < 4.78 is 64.4. The van der Waals surface area contributed by atoms with Crippen LogP contribution >= 0.6 is 0 Å². The summed E-state index contributed by atoms with van der Waals surface area (Å²) in [5, 5.41) is 2.80. The minimum atomic E-state index is -5.62. The molecule has 111 valence electrons. The zero-order valence-electron chi connectivity index (χ0n) is 10.7. The summed E-state index contributed by atoms with van der Waals surface area (Å²) in [4.78, 5) is 0. The third kappa shape index (κ3) is 3.32. The number of halogens is 5. The lowest BCUT2D eigenvalue weighted by Gasteiger charge is -2.22. The van der Waals surface area contributed by atoms with Crippen molar-refractivity contribution in [1.82, 2.24) is 0 Å². The second kappa shape index (κ2) is 5.71. The van der Waals surface area contributed by atoms with Crippen LogP contribution < -0.4 is 5.32 Å². The quantitative estimate of drug-likeness (QED) is 0.803. The van der Waals surface area contributed by atoms with Gasteiger partial charge in [-0.25, -0.2) is 0 Å². The maximum Gasteiger partial charge on any atom is 0.458 e. The van der Waals surface area contributed by atoms with Crippen molar-refractivity contribution in [2.45, 2.75) is 18.6 Å². The predicted molar refractivity (Wildman–Crippen MR) is 69.0 cm³/mol. The third-order valence-electron chi connectivity index (χ3n) is 2.91. The molecule has 0 saturated heterocycles. The van der Waals surface area contributed by atoms with E-state index in [1.165, 1.54) is 12.1 Å². The first-order chi connectivity index (χ1) is 9.82. The van der Waals surface area contributed by atoms with Crippen LogP contribution in [0.25, 0.3) is 0 Å². The van der Waals surface area contributed by atoms with Gasteiger partial charge in [0.05, 0.1) is 0 Å². The van der Waals surface area contributed by atoms with E-state index >= 15 is 0 Å². The molecule has 6 heteroatoms. The van der Waals surface area contributed by atoms with Crippen LogP contribution in [0.1, 0.15) is 11.1 Å². The highest BCUT2D eigenvalue weighted by Gasteiger charge is 2.59. The molecule has 1 nitrogen and oxygen atoms in total. The SMILES string of the molecule is FC(F)(F)C(F)(F)c1ccccc1CNc1cc[c]cc1. The van der Waals surface area contributed by atoms with Gasteiger partial charge in [0.1, 0.15) is 0 Å². The Morgan fingerprint density at radius 1 is 0.905 bits per heavy atom. The maximum atomic E-state index is 13.5. The van der Waals surface area contributed by atoms with Crippen molar-refractivity contribution in [3.63, 3.8) is 0 Å². The van der Waals surface area contributed by atoms with Crippen molar-refractivity contribution in [3.05, 3.63) is 65.7 Å². The van der Waals surface area contributed by atoms with Crippen molar-refractivity contribution in [2.24, 2.45) is 0 Å². The van der Waals surface area contributed by atoms with Gasteiger partial charge < -0.3 is 5.32 Å². The minimum absolute atomic E-state index is 0.104. The summed E-state index contributed by atoms with van der Waals surface area (Å²) in [6.45, 7) is -0.133. The highest BCUT2D eigenvalue weighted by atomic mass is 19.4. The molecule has 0 bridgehead atoms. The fraction of sp³-hybridized carbons (Fsp3) is 0.200. The van der Waals surface area contributed by atoms with E-state index in [0.717, 1.165) is 12.1 Å². The lowest BCUT2D eigenvalue weighted by Crippen LogP contribution is -2.34. The zero-order chi connectivity index (χ0) is 15.5. The lowest BCUT2D eigenvalue weighted by molar-refractivity contribution is -0.289. The molecule has 0 aliphatic rings. The molecule has 1 N–H and O–H groups in total. The molecule has 0 atom stereocenters. The third-order valence-corrected chi connectivity index (χ3v) is 2.91. The molecular formula is C15H11F5N. The summed E-state index contributed by atoms with van der Waals surface area (Å²) in [5.74, 6) is -4.88. The Balaban J connectivity index is 2.26. The molecule has 0 aliphatic carbocycles. The largest absolute Gasteiger partial charge is 0.458 e. The van der Waals surface area contributed by atoms with Crippen LogP contribution in [0.5, 0.6) is 0 Å². The fourth-order valence-electron chi connectivity index (χ4n) is 1.84. The molecule has 0 unspecified atom stereocenters. The van der Waals surface area contributed by atoms with E-state index in [-0.39, 0.29) is 12.1 Å². The van der Waals surface area contributed by atoms with E-state index in [4.69, 9.17) is 0 Å². The van der Waals surface area contributed by atoms with Gasteiger partial charge in [-0.3, -0.25) is 0 Å². The van der Waals surface area contributed by atoms with E-state index < -0.39 is 17.7 Å². The van der Waals surface area contributed by atoms with Crippen LogP contribution in [0, 0.1) is 6.07 Å². The number of rotatable bonds is 4. The average molecular weight is 300 g/mol. The summed E-state index contributed by atoms with van der Waals surface area (Å²) in [6.07, 6.45) is -5.62. The standard InChI is InChI=1S/C15H11F5N/c16-14(17,15(18,19)20)13-9-5-4-6-11(13)10-21-12-7-2-1-3-8-12/h2-9,21H,10H2. The first-order valence-corrected chi connectivity index (χ1v) is 6.05. The number of hydrogen-bond acceptors (Lipinski definition) is 1. The topological polar surface area (TPSA) is 12.0 Å². The average Bonchev–Trinajstić information content (AvgIpc) is 2.45. The van der Waals surface area contributed by atoms with Crippen molar-refractivity contribution in [3.8, 4) is 0 Å². The molecule has 0 spiro atoms. The first kappa shape index (κ1) is 15.3. The summed E-state index contributed by atoms with van der Waals surface area (Å²) in [7, 11) is 0. The summed E-state index contributed by atoms with van der Waals surface area (Å²) in [6, 6.07) is 13.9. The zero-order valence-corrected chi connectivity index (χ0v) is 10.7. The van der Waals surface area contributed by atoms with Gasteiger partial charge >= 0.3 is 12.1 Å². The molecule has 0 aromatic heterocycles. The Morgan fingerprint density at radius 2 is 1.52 bits per heavy atom. The van der Waals surface area contributed by atoms with Gasteiger partial charge in [0, 0.05) is 17.8 Å². The Hall–Kier alpha value is -2.11. The van der Waals surface area contributed by atoms with E-state index in [9.17, 15) is 22.0 Å². The lowest BCUT2D eigenvalue weighted by atomic mass is 10.0. The smallest absolute Gasteiger partial charge is 0.381 e. The fourth-order valence-corrected chi connectivity index (χ4v) is 1.84. The van der Waals surface area contributed by atoms with Crippen LogP contribution in [0.4, 0.5) is 27.6 Å². The monoisotopic (exact) mass is 300 g/mol. The molecule has 0 fully saturated rings. The van der Waals surface area contributed by atoms with E-state index in [1.54, 1.807) is 24.3 Å². The predicted octanol–water partition coefficient (Wildman–Crippen LogP) is 4.75. The van der Waals surface area contributed by atoms with Gasteiger partial charge in [-0.2, -0.15) is 22.0 Å². The van der Waals surface area contributed by atoms with E-state index in [0.29, 0.717) is 5.69 Å². The van der Waals surface area contributed by atoms with Crippen molar-refractivity contribution < 1.29 is 22.0 Å². The Morgan fingerprint density at radius 3 is 2.14 bits per heavy atom. The molecule has 0 heterocycles. The normalized spacial score (nSPS) is 12.2. The van der Waals surface area contributed by atoms with Crippen LogP contribution in [0.15, 0.2) is 48.5 Å². The number of alkyl halides is 5. The second-order valence-corrected chi connectivity index (χ2v) is 4.37. The van der Waals surface area contributed by atoms with Crippen molar-refractivity contribution in [1.29, 1.82) is 0 Å². The Bertz CT molecular complexity index is 593. The number of hydrogen-bond donors (Lipinski definition) is 1. The minimum Gasteiger partial charge on any atom is -0.381 e. The van der Waals surface area contributed by atoms with Gasteiger partial charge in [-0.1, -0.05) is 36.4 Å². The second-order valence-electron chi connectivity index (χ2n) is 4.37. The van der Waals surface area contributed by atoms with Gasteiger partial charge in [0.2, 0.25) is 0 Å². The van der Waals surface area contributed by atoms with Crippen LogP contribution in [-0.2, 0) is 12.5 Å². The molecule has 2 aromatic rings. The van der Waals surface area contributed by atoms with Gasteiger partial charge in [-0.05, 0) is 23.8 Å². The van der Waals surface area contributed by atoms with Crippen LogP contribution in [0.3, 0.4) is 0 Å². The van der Waals surface area contributed by atoms with Crippen molar-refractivity contribution >= 4 is 5.69 Å². The molecule has 1 radical (unpaired) electrons. The summed E-state index contributed by atoms with van der Waals surface area (Å²) >= 11 is 0. The molecule has 2 aromatic carbocycles. The molecule has 21 heavy (non-hydrogen) atoms. The van der Waals surface area contributed by atoms with Crippen LogP contribution in [-0.4, -0.2) is 6.18 Å². The first-order valence-electron chi connectivity index (χ1n) is 6.05. The summed E-state index contributed by atoms with van der Waals surface area (Å²) in [5.41, 5.74) is -0.529. The Kier molecular flexibility index (Phi) is 4.16. The van der Waals surface area contributed by atoms with Crippen LogP contribution in [0.2, 0.25) is 0 Å². The number of benzene rings is 2. The van der Waals surface area contributed by atoms with Gasteiger partial charge in [-0.15, -0.1) is 0 Å². The van der Waals surface area contributed by atoms with Crippen molar-refractivity contribution in [2.75, 3.05) is 5.32 Å². The van der Waals surface area contributed by atoms with Gasteiger partial charge in [0.25, 0.3) is 0 Å². The van der Waals surface area contributed by atoms with E-state index in [1.807, 2.05) is 0 Å². The number of anilines is 1. The molecule has 0 amide bonds. The highest BCUT2D eigenvalue weighted by Crippen LogP contribution is 2.45. The molecular weight excluding hydrogens is 289 g/mol. The number of nitrogens with one attached hydrogen (secondary N) is 1. The van der Waals surface area contributed by atoms with Gasteiger partial charge in [0.15, 0.2) is 0 Å². The van der Waals surface area contributed by atoms with E-state index in [2.05, 4.69) is 11.4 Å².